The molecule has 2 amide bonds. The lowest BCUT2D eigenvalue weighted by atomic mass is 10.1. The van der Waals surface area contributed by atoms with Gasteiger partial charge < -0.3 is 14.2 Å². The highest BCUT2D eigenvalue weighted by molar-refractivity contribution is 6.37. The molecule has 0 aliphatic carbocycles. The van der Waals surface area contributed by atoms with E-state index in [1.165, 1.54) is 50.4 Å². The number of carbonyl (C=O) groups is 2. The Labute approximate surface area is 197 Å². The molecule has 3 heterocycles. The van der Waals surface area contributed by atoms with Gasteiger partial charge in [0, 0.05) is 24.4 Å². The smallest absolute Gasteiger partial charge is 0.267 e. The molecule has 178 valence electrons. The van der Waals surface area contributed by atoms with E-state index in [1.54, 1.807) is 6.92 Å². The lowest BCUT2D eigenvalue weighted by Gasteiger charge is -2.18. The molecule has 0 unspecified atom stereocenters. The Bertz CT molecular complexity index is 1520. The van der Waals surface area contributed by atoms with Gasteiger partial charge in [-0.15, -0.1) is 0 Å². The molecule has 0 spiro atoms. The number of halogens is 2. The number of imide groups is 1. The van der Waals surface area contributed by atoms with Crippen molar-refractivity contribution in [1.29, 1.82) is 0 Å². The van der Waals surface area contributed by atoms with Crippen molar-refractivity contribution in [3.8, 4) is 22.9 Å². The fraction of sp³-hybridized carbons (Fsp3) is 0.167. The maximum absolute atomic E-state index is 14.5. The SMILES string of the molecule is COc1cc(N2C(=O)c3cnc4c(c(C)nn4-c4ccc(F)cc4F)c3C2=O)cc(OC)c1OC. The van der Waals surface area contributed by atoms with Crippen molar-refractivity contribution in [3.63, 3.8) is 0 Å². The lowest BCUT2D eigenvalue weighted by Crippen LogP contribution is -2.29. The van der Waals surface area contributed by atoms with Gasteiger partial charge >= 0.3 is 0 Å². The molecule has 2 aromatic heterocycles. The van der Waals surface area contributed by atoms with Crippen LogP contribution in [0.3, 0.4) is 0 Å². The van der Waals surface area contributed by atoms with Crippen molar-refractivity contribution in [3.05, 3.63) is 65.0 Å². The molecule has 0 fully saturated rings. The number of hydrogen-bond donors (Lipinski definition) is 0. The van der Waals surface area contributed by atoms with Crippen LogP contribution in [-0.2, 0) is 0 Å². The number of nitrogens with zero attached hydrogens (tertiary/aromatic N) is 4. The van der Waals surface area contributed by atoms with Gasteiger partial charge in [0.25, 0.3) is 11.8 Å². The van der Waals surface area contributed by atoms with E-state index >= 15 is 0 Å². The van der Waals surface area contributed by atoms with Gasteiger partial charge in [0.05, 0.1) is 49.2 Å². The molecule has 0 saturated carbocycles. The standard InChI is InChI=1S/C24H18F2N4O5/c1-11-19-20-14(10-27-22(19)30(28-11)16-6-5-12(25)7-15(16)26)23(31)29(24(20)32)13-8-17(33-2)21(35-4)18(9-13)34-3/h5-10H,1-4H3. The maximum atomic E-state index is 14.5. The summed E-state index contributed by atoms with van der Waals surface area (Å²) in [6.45, 7) is 1.61. The van der Waals surface area contributed by atoms with Gasteiger partial charge in [-0.05, 0) is 19.1 Å². The molecule has 0 saturated heterocycles. The van der Waals surface area contributed by atoms with Crippen LogP contribution >= 0.6 is 0 Å². The third-order valence-electron chi connectivity index (χ3n) is 5.77. The molecule has 4 aromatic rings. The number of aryl methyl sites for hydroxylation is 1. The van der Waals surface area contributed by atoms with Crippen molar-refractivity contribution in [1.82, 2.24) is 14.8 Å². The molecule has 1 aliphatic heterocycles. The second-order valence-electron chi connectivity index (χ2n) is 7.67. The van der Waals surface area contributed by atoms with Crippen molar-refractivity contribution < 1.29 is 32.6 Å². The number of anilines is 1. The summed E-state index contributed by atoms with van der Waals surface area (Å²) in [5, 5.41) is 4.61. The monoisotopic (exact) mass is 480 g/mol. The first kappa shape index (κ1) is 22.3. The highest BCUT2D eigenvalue weighted by Gasteiger charge is 2.41. The molecule has 9 nitrogen and oxygen atoms in total. The van der Waals surface area contributed by atoms with Crippen LogP contribution in [0.1, 0.15) is 26.4 Å². The van der Waals surface area contributed by atoms with Crippen molar-refractivity contribution >= 4 is 28.5 Å². The molecule has 5 rings (SSSR count). The molecule has 0 bridgehead atoms. The van der Waals surface area contributed by atoms with Crippen molar-refractivity contribution in [2.45, 2.75) is 6.92 Å². The number of amides is 2. The quantitative estimate of drug-likeness (QED) is 0.401. The predicted molar refractivity (Wildman–Crippen MR) is 121 cm³/mol. The van der Waals surface area contributed by atoms with Crippen LogP contribution in [0.15, 0.2) is 36.5 Å². The molecule has 0 radical (unpaired) electrons. The number of rotatable bonds is 5. The lowest BCUT2D eigenvalue weighted by molar-refractivity contribution is 0.0926. The average Bonchev–Trinajstić information content (AvgIpc) is 3.31. The maximum Gasteiger partial charge on any atom is 0.267 e. The van der Waals surface area contributed by atoms with E-state index in [0.29, 0.717) is 16.8 Å². The van der Waals surface area contributed by atoms with E-state index in [0.717, 1.165) is 17.0 Å². The molecule has 0 atom stereocenters. The van der Waals surface area contributed by atoms with E-state index in [9.17, 15) is 18.4 Å². The Morgan fingerprint density at radius 3 is 2.20 bits per heavy atom. The summed E-state index contributed by atoms with van der Waals surface area (Å²) in [4.78, 5) is 32.2. The minimum absolute atomic E-state index is 0.0461. The van der Waals surface area contributed by atoms with Crippen LogP contribution in [0, 0.1) is 18.6 Å². The van der Waals surface area contributed by atoms with Gasteiger partial charge in [-0.1, -0.05) is 0 Å². The predicted octanol–water partition coefficient (Wildman–Crippen LogP) is 3.83. The topological polar surface area (TPSA) is 95.8 Å². The second-order valence-corrected chi connectivity index (χ2v) is 7.67. The summed E-state index contributed by atoms with van der Waals surface area (Å²) >= 11 is 0. The van der Waals surface area contributed by atoms with Crippen LogP contribution in [0.25, 0.3) is 16.7 Å². The zero-order chi connectivity index (χ0) is 25.0. The Hall–Kier alpha value is -4.54. The summed E-state index contributed by atoms with van der Waals surface area (Å²) in [6, 6.07) is 6.01. The summed E-state index contributed by atoms with van der Waals surface area (Å²) in [7, 11) is 4.28. The first-order valence-corrected chi connectivity index (χ1v) is 10.3. The Balaban J connectivity index is 1.69. The Kier molecular flexibility index (Phi) is 5.12. The Morgan fingerprint density at radius 2 is 1.60 bits per heavy atom. The Morgan fingerprint density at radius 1 is 0.914 bits per heavy atom. The van der Waals surface area contributed by atoms with Gasteiger partial charge in [-0.2, -0.15) is 5.10 Å². The summed E-state index contributed by atoms with van der Waals surface area (Å²) in [6.07, 6.45) is 1.24. The molecular weight excluding hydrogens is 462 g/mol. The average molecular weight is 480 g/mol. The van der Waals surface area contributed by atoms with Gasteiger partial charge in [0.2, 0.25) is 5.75 Å². The fourth-order valence-electron chi connectivity index (χ4n) is 4.21. The summed E-state index contributed by atoms with van der Waals surface area (Å²) in [5.74, 6) is -1.98. The van der Waals surface area contributed by atoms with Crippen LogP contribution in [0.4, 0.5) is 14.5 Å². The largest absolute Gasteiger partial charge is 0.493 e. The minimum Gasteiger partial charge on any atom is -0.493 e. The van der Waals surface area contributed by atoms with E-state index in [4.69, 9.17) is 14.2 Å². The molecular formula is C24H18F2N4O5. The second kappa shape index (κ2) is 8.05. The first-order valence-electron chi connectivity index (χ1n) is 10.3. The number of pyridine rings is 1. The highest BCUT2D eigenvalue weighted by Crippen LogP contribution is 2.43. The normalized spacial score (nSPS) is 12.9. The van der Waals surface area contributed by atoms with Crippen LogP contribution < -0.4 is 19.1 Å². The molecule has 1 aliphatic rings. The number of carbonyl (C=O) groups excluding carboxylic acids is 2. The zero-order valence-electron chi connectivity index (χ0n) is 19.1. The van der Waals surface area contributed by atoms with E-state index in [2.05, 4.69) is 10.1 Å². The van der Waals surface area contributed by atoms with Crippen molar-refractivity contribution in [2.75, 3.05) is 26.2 Å². The number of methoxy groups -OCH3 is 3. The number of ether oxygens (including phenoxy) is 3. The van der Waals surface area contributed by atoms with Crippen LogP contribution in [-0.4, -0.2) is 47.9 Å². The number of aromatic nitrogens is 3. The van der Waals surface area contributed by atoms with Gasteiger partial charge in [0.1, 0.15) is 11.5 Å². The number of hydrogen-bond acceptors (Lipinski definition) is 7. The first-order chi connectivity index (χ1) is 16.8. The molecule has 0 N–H and O–H groups in total. The van der Waals surface area contributed by atoms with E-state index in [-0.39, 0.29) is 39.6 Å². The number of benzene rings is 2. The summed E-state index contributed by atoms with van der Waals surface area (Å²) in [5.41, 5.74) is 0.808. The molecule has 11 heteroatoms. The van der Waals surface area contributed by atoms with Crippen LogP contribution in [0.5, 0.6) is 17.2 Å². The van der Waals surface area contributed by atoms with Gasteiger partial charge in [-0.3, -0.25) is 9.59 Å². The van der Waals surface area contributed by atoms with Gasteiger partial charge in [0.15, 0.2) is 23.0 Å². The minimum atomic E-state index is -0.849. The highest BCUT2D eigenvalue weighted by atomic mass is 19.1. The fourth-order valence-corrected chi connectivity index (χ4v) is 4.21. The number of fused-ring (bicyclic) bond motifs is 3. The third kappa shape index (κ3) is 3.19. The van der Waals surface area contributed by atoms with E-state index < -0.39 is 23.4 Å². The van der Waals surface area contributed by atoms with Crippen LogP contribution in [0.2, 0.25) is 0 Å². The summed E-state index contributed by atoms with van der Waals surface area (Å²) < 4.78 is 45.1. The molecule has 35 heavy (non-hydrogen) atoms. The van der Waals surface area contributed by atoms with Gasteiger partial charge in [-0.25, -0.2) is 23.3 Å². The molecule has 2 aromatic carbocycles. The third-order valence-corrected chi connectivity index (χ3v) is 5.77. The van der Waals surface area contributed by atoms with Crippen molar-refractivity contribution in [2.24, 2.45) is 0 Å². The van der Waals surface area contributed by atoms with E-state index in [1.807, 2.05) is 0 Å². The zero-order valence-corrected chi connectivity index (χ0v) is 19.1.